The van der Waals surface area contributed by atoms with Crippen molar-refractivity contribution in [3.8, 4) is 0 Å². The van der Waals surface area contributed by atoms with Crippen molar-refractivity contribution in [2.45, 2.75) is 32.9 Å². The lowest BCUT2D eigenvalue weighted by Gasteiger charge is -2.37. The molecule has 0 saturated carbocycles. The Morgan fingerprint density at radius 3 is 2.48 bits per heavy atom. The molecule has 1 aromatic heterocycles. The Bertz CT molecular complexity index is 557. The van der Waals surface area contributed by atoms with Gasteiger partial charge in [-0.05, 0) is 26.0 Å². The van der Waals surface area contributed by atoms with Gasteiger partial charge in [-0.1, -0.05) is 0 Å². The van der Waals surface area contributed by atoms with Gasteiger partial charge in [0, 0.05) is 44.5 Å². The molecular weight excluding hydrogens is 314 g/mol. The highest BCUT2D eigenvalue weighted by Crippen LogP contribution is 2.19. The zero-order valence-electron chi connectivity index (χ0n) is 14.0. The van der Waals surface area contributed by atoms with E-state index in [2.05, 4.69) is 10.2 Å². The minimum Gasteiger partial charge on any atom is -0.389 e. The Balaban J connectivity index is 1.86. The van der Waals surface area contributed by atoms with Gasteiger partial charge in [-0.2, -0.15) is 0 Å². The predicted octanol–water partition coefficient (Wildman–Crippen LogP) is 0.913. The van der Waals surface area contributed by atoms with Crippen LogP contribution >= 0.6 is 11.3 Å². The molecule has 1 aliphatic heterocycles. The highest BCUT2D eigenvalue weighted by atomic mass is 32.1. The van der Waals surface area contributed by atoms with E-state index >= 15 is 0 Å². The number of nitrogens with one attached hydrogen (secondary N) is 1. The van der Waals surface area contributed by atoms with Crippen molar-refractivity contribution in [2.24, 2.45) is 0 Å². The third-order valence-corrected chi connectivity index (χ3v) is 4.73. The smallest absolute Gasteiger partial charge is 0.264 e. The molecule has 2 amide bonds. The number of thiophene rings is 1. The average Bonchev–Trinajstić information content (AvgIpc) is 2.92. The van der Waals surface area contributed by atoms with Gasteiger partial charge in [0.1, 0.15) is 0 Å². The first-order chi connectivity index (χ1) is 10.7. The number of hydrogen-bond acceptors (Lipinski definition) is 5. The second kappa shape index (κ2) is 7.42. The largest absolute Gasteiger partial charge is 0.389 e. The van der Waals surface area contributed by atoms with Crippen LogP contribution in [0.1, 0.15) is 35.3 Å². The third kappa shape index (κ3) is 5.60. The summed E-state index contributed by atoms with van der Waals surface area (Å²) < 4.78 is 0. The predicted molar refractivity (Wildman–Crippen MR) is 90.5 cm³/mol. The Morgan fingerprint density at radius 2 is 1.91 bits per heavy atom. The van der Waals surface area contributed by atoms with Crippen molar-refractivity contribution < 1.29 is 14.7 Å². The maximum absolute atomic E-state index is 12.5. The Kier molecular flexibility index (Phi) is 5.78. The molecule has 0 atom stereocenters. The number of carbonyl (C=O) groups excluding carboxylic acids is 2. The highest BCUT2D eigenvalue weighted by molar-refractivity contribution is 7.14. The molecule has 2 N–H and O–H groups in total. The summed E-state index contributed by atoms with van der Waals surface area (Å²) in [5, 5.41) is 12.6. The molecule has 2 heterocycles. The molecule has 0 aliphatic carbocycles. The summed E-state index contributed by atoms with van der Waals surface area (Å²) >= 11 is 1.43. The first-order valence-electron chi connectivity index (χ1n) is 7.82. The number of aliphatic hydroxyl groups is 1. The average molecular weight is 339 g/mol. The van der Waals surface area contributed by atoms with Crippen molar-refractivity contribution in [1.82, 2.24) is 15.1 Å². The molecule has 1 fully saturated rings. The highest BCUT2D eigenvalue weighted by Gasteiger charge is 2.26. The van der Waals surface area contributed by atoms with E-state index in [0.717, 1.165) is 18.0 Å². The standard InChI is InChI=1S/C16H25N3O3S/c1-12(20)17-10-13-4-5-14(23-13)15(21)19-8-6-18(7-9-19)11-16(2,3)22/h4-5,22H,6-11H2,1-3H3,(H,17,20). The minimum atomic E-state index is -0.710. The zero-order valence-corrected chi connectivity index (χ0v) is 14.8. The number of nitrogens with zero attached hydrogens (tertiary/aromatic N) is 2. The van der Waals surface area contributed by atoms with Crippen LogP contribution in [-0.2, 0) is 11.3 Å². The van der Waals surface area contributed by atoms with Gasteiger partial charge in [0.15, 0.2) is 0 Å². The second-order valence-electron chi connectivity index (χ2n) is 6.56. The van der Waals surface area contributed by atoms with E-state index in [0.29, 0.717) is 31.1 Å². The van der Waals surface area contributed by atoms with Crippen LogP contribution in [0.3, 0.4) is 0 Å². The SMILES string of the molecule is CC(=O)NCc1ccc(C(=O)N2CCN(CC(C)(C)O)CC2)s1. The summed E-state index contributed by atoms with van der Waals surface area (Å²) in [7, 11) is 0. The van der Waals surface area contributed by atoms with Crippen LogP contribution in [0.25, 0.3) is 0 Å². The van der Waals surface area contributed by atoms with Gasteiger partial charge in [-0.25, -0.2) is 0 Å². The Labute approximate surface area is 141 Å². The Morgan fingerprint density at radius 1 is 1.26 bits per heavy atom. The molecule has 0 bridgehead atoms. The van der Waals surface area contributed by atoms with E-state index < -0.39 is 5.60 Å². The van der Waals surface area contributed by atoms with Gasteiger partial charge in [-0.3, -0.25) is 14.5 Å². The van der Waals surface area contributed by atoms with E-state index in [9.17, 15) is 14.7 Å². The summed E-state index contributed by atoms with van der Waals surface area (Å²) in [6, 6.07) is 3.71. The molecule has 6 nitrogen and oxygen atoms in total. The van der Waals surface area contributed by atoms with Crippen LogP contribution in [0.2, 0.25) is 0 Å². The topological polar surface area (TPSA) is 72.9 Å². The number of amides is 2. The summed E-state index contributed by atoms with van der Waals surface area (Å²) in [5.74, 6) is -0.0267. The maximum Gasteiger partial charge on any atom is 0.264 e. The maximum atomic E-state index is 12.5. The van der Waals surface area contributed by atoms with Crippen LogP contribution in [0, 0.1) is 0 Å². The fourth-order valence-electron chi connectivity index (χ4n) is 2.61. The van der Waals surface area contributed by atoms with Crippen molar-refractivity contribution in [3.05, 3.63) is 21.9 Å². The van der Waals surface area contributed by atoms with Crippen LogP contribution in [0.15, 0.2) is 12.1 Å². The number of hydrogen-bond donors (Lipinski definition) is 2. The molecule has 1 aliphatic rings. The molecule has 1 saturated heterocycles. The van der Waals surface area contributed by atoms with Crippen LogP contribution in [0.5, 0.6) is 0 Å². The molecule has 7 heteroatoms. The molecular formula is C16H25N3O3S. The lowest BCUT2D eigenvalue weighted by atomic mass is 10.1. The molecule has 0 spiro atoms. The summed E-state index contributed by atoms with van der Waals surface area (Å²) in [4.78, 5) is 29.2. The fourth-order valence-corrected chi connectivity index (χ4v) is 3.53. The summed E-state index contributed by atoms with van der Waals surface area (Å²) in [6.07, 6.45) is 0. The van der Waals surface area contributed by atoms with Gasteiger partial charge in [0.25, 0.3) is 5.91 Å². The Hall–Kier alpha value is -1.44. The van der Waals surface area contributed by atoms with E-state index in [4.69, 9.17) is 0 Å². The molecule has 0 aromatic carbocycles. The van der Waals surface area contributed by atoms with Crippen molar-refractivity contribution in [1.29, 1.82) is 0 Å². The van der Waals surface area contributed by atoms with E-state index in [1.807, 2.05) is 17.0 Å². The minimum absolute atomic E-state index is 0.0481. The first-order valence-corrected chi connectivity index (χ1v) is 8.63. The van der Waals surface area contributed by atoms with Crippen LogP contribution in [-0.4, -0.2) is 65.0 Å². The van der Waals surface area contributed by atoms with Gasteiger partial charge < -0.3 is 15.3 Å². The lowest BCUT2D eigenvalue weighted by molar-refractivity contribution is -0.119. The summed E-state index contributed by atoms with van der Waals surface area (Å²) in [6.45, 7) is 9.06. The van der Waals surface area contributed by atoms with Crippen LogP contribution in [0.4, 0.5) is 0 Å². The van der Waals surface area contributed by atoms with E-state index in [1.54, 1.807) is 13.8 Å². The first kappa shape index (κ1) is 17.9. The molecule has 128 valence electrons. The molecule has 0 unspecified atom stereocenters. The molecule has 2 rings (SSSR count). The van der Waals surface area contributed by atoms with Gasteiger partial charge in [0.2, 0.25) is 5.91 Å². The monoisotopic (exact) mass is 339 g/mol. The van der Waals surface area contributed by atoms with Crippen LogP contribution < -0.4 is 5.32 Å². The fraction of sp³-hybridized carbons (Fsp3) is 0.625. The zero-order chi connectivity index (χ0) is 17.0. The van der Waals surface area contributed by atoms with Crippen molar-refractivity contribution in [2.75, 3.05) is 32.7 Å². The van der Waals surface area contributed by atoms with Gasteiger partial charge >= 0.3 is 0 Å². The lowest BCUT2D eigenvalue weighted by Crippen LogP contribution is -2.51. The normalized spacial score (nSPS) is 16.4. The van der Waals surface area contributed by atoms with Crippen molar-refractivity contribution >= 4 is 23.2 Å². The van der Waals surface area contributed by atoms with Crippen molar-refractivity contribution in [3.63, 3.8) is 0 Å². The second-order valence-corrected chi connectivity index (χ2v) is 7.72. The number of rotatable bonds is 5. The van der Waals surface area contributed by atoms with E-state index in [1.165, 1.54) is 18.3 Å². The van der Waals surface area contributed by atoms with Gasteiger partial charge in [-0.15, -0.1) is 11.3 Å². The van der Waals surface area contributed by atoms with Gasteiger partial charge in [0.05, 0.1) is 17.0 Å². The quantitative estimate of drug-likeness (QED) is 0.836. The number of piperazine rings is 1. The molecule has 0 radical (unpaired) electrons. The van der Waals surface area contributed by atoms with E-state index in [-0.39, 0.29) is 11.8 Å². The third-order valence-electron chi connectivity index (χ3n) is 3.65. The molecule has 1 aromatic rings. The molecule has 23 heavy (non-hydrogen) atoms. The number of β-amino-alcohol motifs (C(OH)–C–C–N with tert-alkyl or cyclic N) is 1. The summed E-state index contributed by atoms with van der Waals surface area (Å²) in [5.41, 5.74) is -0.710. The number of carbonyl (C=O) groups is 2.